The summed E-state index contributed by atoms with van der Waals surface area (Å²) < 4.78 is 1.15. The van der Waals surface area contributed by atoms with Gasteiger partial charge in [0.2, 0.25) is 5.91 Å². The number of aromatic nitrogens is 1. The molecule has 1 unspecified atom stereocenters. The molecule has 0 saturated heterocycles. The van der Waals surface area contributed by atoms with E-state index < -0.39 is 0 Å². The van der Waals surface area contributed by atoms with E-state index in [2.05, 4.69) is 64.1 Å². The van der Waals surface area contributed by atoms with Crippen molar-refractivity contribution in [3.05, 3.63) is 71.9 Å². The van der Waals surface area contributed by atoms with Crippen LogP contribution in [-0.4, -0.2) is 15.3 Å². The number of carbonyl (C=O) groups excluding carboxylic acids is 1. The average molecular weight is 486 g/mol. The molecule has 0 radical (unpaired) electrons. The zero-order valence-electron chi connectivity index (χ0n) is 16.3. The third kappa shape index (κ3) is 5.77. The van der Waals surface area contributed by atoms with E-state index in [4.69, 9.17) is 0 Å². The van der Waals surface area contributed by atoms with E-state index in [1.54, 1.807) is 6.20 Å². The molecule has 0 bridgehead atoms. The molecule has 1 atom stereocenters. The molecule has 0 spiro atoms. The van der Waals surface area contributed by atoms with Gasteiger partial charge < -0.3 is 5.32 Å². The van der Waals surface area contributed by atoms with E-state index in [1.807, 2.05) is 30.3 Å². The van der Waals surface area contributed by atoms with Crippen LogP contribution in [0, 0.1) is 0 Å². The van der Waals surface area contributed by atoms with Crippen LogP contribution >= 0.6 is 22.6 Å². The second-order valence-corrected chi connectivity index (χ2v) is 8.08. The highest BCUT2D eigenvalue weighted by atomic mass is 127. The quantitative estimate of drug-likeness (QED) is 0.277. The number of nitrogens with one attached hydrogen (secondary N) is 1. The van der Waals surface area contributed by atoms with E-state index in [0.717, 1.165) is 27.4 Å². The van der Waals surface area contributed by atoms with Gasteiger partial charge >= 0.3 is 0 Å². The third-order valence-corrected chi connectivity index (χ3v) is 6.12. The molecule has 4 heteroatoms. The molecular formula is C24H27IN2O. The van der Waals surface area contributed by atoms with Crippen molar-refractivity contribution in [2.45, 2.75) is 44.9 Å². The largest absolute Gasteiger partial charge is 0.325 e. The predicted octanol–water partition coefficient (Wildman–Crippen LogP) is 6.51. The fourth-order valence-electron chi connectivity index (χ4n) is 3.36. The van der Waals surface area contributed by atoms with Gasteiger partial charge in [0.15, 0.2) is 0 Å². The summed E-state index contributed by atoms with van der Waals surface area (Å²) in [5.41, 5.74) is 4.31. The summed E-state index contributed by atoms with van der Waals surface area (Å²) in [5.74, 6) is 0.660. The van der Waals surface area contributed by atoms with Gasteiger partial charge in [0.1, 0.15) is 0 Å². The number of aryl methyl sites for hydroxylation is 1. The van der Waals surface area contributed by atoms with Crippen LogP contribution in [0.3, 0.4) is 0 Å². The normalized spacial score (nSPS) is 12.1. The smallest absolute Gasteiger partial charge is 0.224 e. The number of rotatable bonds is 9. The van der Waals surface area contributed by atoms with Crippen LogP contribution in [-0.2, 0) is 11.2 Å². The van der Waals surface area contributed by atoms with Gasteiger partial charge in [-0.15, -0.1) is 0 Å². The van der Waals surface area contributed by atoms with Gasteiger partial charge in [-0.3, -0.25) is 9.78 Å². The van der Waals surface area contributed by atoms with Gasteiger partial charge in [0.25, 0.3) is 0 Å². The van der Waals surface area contributed by atoms with Crippen LogP contribution in [0.2, 0.25) is 0 Å². The van der Waals surface area contributed by atoms with Crippen LogP contribution in [0.5, 0.6) is 0 Å². The molecule has 0 fully saturated rings. The lowest BCUT2D eigenvalue weighted by Gasteiger charge is -2.14. The van der Waals surface area contributed by atoms with Crippen molar-refractivity contribution in [1.82, 2.24) is 4.98 Å². The number of alkyl halides is 1. The van der Waals surface area contributed by atoms with Crippen molar-refractivity contribution < 1.29 is 4.79 Å². The van der Waals surface area contributed by atoms with Gasteiger partial charge in [-0.25, -0.2) is 0 Å². The number of amides is 1. The minimum Gasteiger partial charge on any atom is -0.325 e. The molecule has 1 N–H and O–H groups in total. The first kappa shape index (κ1) is 20.8. The number of anilines is 1. The summed E-state index contributed by atoms with van der Waals surface area (Å²) in [6, 6.07) is 18.7. The molecule has 0 aliphatic heterocycles. The van der Waals surface area contributed by atoms with Crippen molar-refractivity contribution in [2.24, 2.45) is 0 Å². The first-order chi connectivity index (χ1) is 13.7. The Labute approximate surface area is 181 Å². The molecule has 146 valence electrons. The maximum absolute atomic E-state index is 12.3. The van der Waals surface area contributed by atoms with Crippen molar-refractivity contribution in [1.29, 1.82) is 0 Å². The Hall–Kier alpha value is -1.95. The van der Waals surface area contributed by atoms with Gasteiger partial charge in [0.05, 0.1) is 17.4 Å². The first-order valence-electron chi connectivity index (χ1n) is 9.99. The lowest BCUT2D eigenvalue weighted by molar-refractivity contribution is -0.116. The van der Waals surface area contributed by atoms with Crippen molar-refractivity contribution in [3.8, 4) is 0 Å². The van der Waals surface area contributed by atoms with Crippen molar-refractivity contribution >= 4 is 45.1 Å². The zero-order chi connectivity index (χ0) is 19.8. The average Bonchev–Trinajstić information content (AvgIpc) is 2.73. The van der Waals surface area contributed by atoms with Crippen molar-refractivity contribution in [3.63, 3.8) is 0 Å². The Kier molecular flexibility index (Phi) is 7.83. The number of hydrogen-bond acceptors (Lipinski definition) is 2. The highest BCUT2D eigenvalue weighted by Crippen LogP contribution is 2.25. The Bertz CT molecular complexity index is 908. The van der Waals surface area contributed by atoms with Gasteiger partial charge in [0, 0.05) is 16.2 Å². The molecular weight excluding hydrogens is 459 g/mol. The number of pyridine rings is 1. The highest BCUT2D eigenvalue weighted by Gasteiger charge is 2.10. The molecule has 1 aromatic heterocycles. The maximum Gasteiger partial charge on any atom is 0.224 e. The fourth-order valence-corrected chi connectivity index (χ4v) is 4.31. The number of fused-ring (bicyclic) bond motifs is 1. The van der Waals surface area contributed by atoms with Crippen LogP contribution in [0.4, 0.5) is 5.69 Å². The van der Waals surface area contributed by atoms with Crippen LogP contribution in [0.15, 0.2) is 60.8 Å². The van der Waals surface area contributed by atoms with Gasteiger partial charge in [-0.1, -0.05) is 84.8 Å². The highest BCUT2D eigenvalue weighted by molar-refractivity contribution is 14.1. The molecule has 2 aromatic carbocycles. The molecule has 28 heavy (non-hydrogen) atoms. The molecule has 3 rings (SSSR count). The van der Waals surface area contributed by atoms with E-state index in [1.165, 1.54) is 30.4 Å². The molecule has 3 nitrogen and oxygen atoms in total. The number of para-hydroxylation sites is 1. The van der Waals surface area contributed by atoms with E-state index in [9.17, 15) is 4.79 Å². The lowest BCUT2D eigenvalue weighted by atomic mass is 9.94. The van der Waals surface area contributed by atoms with Crippen molar-refractivity contribution in [2.75, 3.05) is 9.74 Å². The number of unbranched alkanes of at least 4 members (excludes halogenated alkanes) is 1. The monoisotopic (exact) mass is 486 g/mol. The Morgan fingerprint density at radius 2 is 1.93 bits per heavy atom. The molecule has 0 saturated carbocycles. The SMILES string of the molecule is CCCCC(CI)c1ccc(CCC(=O)Nc2cnc3ccccc3c2)cc1. The minimum absolute atomic E-state index is 0.0224. The first-order valence-corrected chi connectivity index (χ1v) is 11.5. The summed E-state index contributed by atoms with van der Waals surface area (Å²) in [7, 11) is 0. The van der Waals surface area contributed by atoms with Gasteiger partial charge in [-0.2, -0.15) is 0 Å². The van der Waals surface area contributed by atoms with E-state index in [0.29, 0.717) is 12.3 Å². The summed E-state index contributed by atoms with van der Waals surface area (Å²) in [6.07, 6.45) is 6.71. The third-order valence-electron chi connectivity index (χ3n) is 5.06. The number of nitrogens with zero attached hydrogens (tertiary/aromatic N) is 1. The summed E-state index contributed by atoms with van der Waals surface area (Å²) >= 11 is 2.48. The number of carbonyl (C=O) groups is 1. The summed E-state index contributed by atoms with van der Waals surface area (Å²) in [6.45, 7) is 2.24. The molecule has 3 aromatic rings. The fraction of sp³-hybridized carbons (Fsp3) is 0.333. The maximum atomic E-state index is 12.3. The van der Waals surface area contributed by atoms with Crippen LogP contribution in [0.25, 0.3) is 10.9 Å². The predicted molar refractivity (Wildman–Crippen MR) is 126 cm³/mol. The number of benzene rings is 2. The second kappa shape index (κ2) is 10.6. The Morgan fingerprint density at radius 3 is 2.68 bits per heavy atom. The zero-order valence-corrected chi connectivity index (χ0v) is 18.5. The lowest BCUT2D eigenvalue weighted by Crippen LogP contribution is -2.12. The standard InChI is InChI=1S/C24H27IN2O/c1-2-3-6-21(16-25)19-12-9-18(10-13-19)11-14-24(28)27-22-15-20-7-4-5-8-23(20)26-17-22/h4-5,7-10,12-13,15,17,21H,2-3,6,11,14,16H2,1H3,(H,27,28). The number of halogens is 1. The van der Waals surface area contributed by atoms with E-state index in [-0.39, 0.29) is 5.91 Å². The van der Waals surface area contributed by atoms with Crippen LogP contribution < -0.4 is 5.32 Å². The Balaban J connectivity index is 1.53. The van der Waals surface area contributed by atoms with Gasteiger partial charge in [-0.05, 0) is 42.0 Å². The molecule has 1 heterocycles. The minimum atomic E-state index is 0.0224. The summed E-state index contributed by atoms with van der Waals surface area (Å²) in [5, 5.41) is 4.00. The Morgan fingerprint density at radius 1 is 1.14 bits per heavy atom. The van der Waals surface area contributed by atoms with Crippen LogP contribution in [0.1, 0.15) is 49.7 Å². The summed E-state index contributed by atoms with van der Waals surface area (Å²) in [4.78, 5) is 16.7. The second-order valence-electron chi connectivity index (χ2n) is 7.20. The molecule has 0 aliphatic rings. The topological polar surface area (TPSA) is 42.0 Å². The molecule has 1 amide bonds. The number of hydrogen-bond donors (Lipinski definition) is 1. The molecule has 0 aliphatic carbocycles. The van der Waals surface area contributed by atoms with E-state index >= 15 is 0 Å².